The number of anilines is 1. The molecular formula is C17H22N8. The van der Waals surface area contributed by atoms with Gasteiger partial charge in [-0.05, 0) is 56.9 Å². The molecule has 0 radical (unpaired) electrons. The molecule has 1 aromatic carbocycles. The van der Waals surface area contributed by atoms with E-state index < -0.39 is 5.66 Å². The summed E-state index contributed by atoms with van der Waals surface area (Å²) in [6.45, 7) is 1.87. The van der Waals surface area contributed by atoms with E-state index in [1.165, 1.54) is 6.42 Å². The third-order valence-electron chi connectivity index (χ3n) is 4.83. The van der Waals surface area contributed by atoms with Gasteiger partial charge in [0.05, 0.1) is 5.69 Å². The van der Waals surface area contributed by atoms with Crippen LogP contribution in [-0.4, -0.2) is 32.3 Å². The Kier molecular flexibility index (Phi) is 3.67. The fourth-order valence-corrected chi connectivity index (χ4v) is 3.72. The molecule has 2 aliphatic rings. The Hall–Kier alpha value is -2.90. The minimum absolute atomic E-state index is 0.269. The van der Waals surface area contributed by atoms with Crippen LogP contribution in [0.4, 0.5) is 5.69 Å². The van der Waals surface area contributed by atoms with Crippen LogP contribution in [-0.2, 0) is 0 Å². The predicted octanol–water partition coefficient (Wildman–Crippen LogP) is 1.69. The van der Waals surface area contributed by atoms with Crippen LogP contribution >= 0.6 is 0 Å². The Morgan fingerprint density at radius 3 is 2.32 bits per heavy atom. The van der Waals surface area contributed by atoms with Crippen LogP contribution in [0.5, 0.6) is 0 Å². The summed E-state index contributed by atoms with van der Waals surface area (Å²) in [6, 6.07) is 8.02. The number of nitrogens with zero attached hydrogens (tertiary/aromatic N) is 6. The molecule has 2 aromatic rings. The SMILES string of the molecule is Cc1ncn(-c2ccc(N3C(N)=NC(N)=NC34CCCCC4)cc2)n1. The van der Waals surface area contributed by atoms with Crippen LogP contribution in [0.1, 0.15) is 37.9 Å². The van der Waals surface area contributed by atoms with Gasteiger partial charge >= 0.3 is 0 Å². The zero-order chi connectivity index (χ0) is 17.4. The standard InChI is InChI=1S/C17H22N8/c1-12-20-11-24(23-12)13-5-7-14(8-6-13)25-16(19)21-15(18)22-17(25)9-3-2-4-10-17/h5-8,11H,2-4,9-10H2,1H3,(H4,18,19,21,22). The third-order valence-corrected chi connectivity index (χ3v) is 4.83. The molecule has 8 nitrogen and oxygen atoms in total. The fourth-order valence-electron chi connectivity index (χ4n) is 3.72. The minimum atomic E-state index is -0.417. The number of aliphatic imine (C=N–C) groups is 2. The van der Waals surface area contributed by atoms with E-state index in [0.717, 1.165) is 42.9 Å². The maximum atomic E-state index is 6.25. The van der Waals surface area contributed by atoms with Gasteiger partial charge in [-0.25, -0.2) is 14.7 Å². The lowest BCUT2D eigenvalue weighted by molar-refractivity contribution is 0.305. The molecule has 1 fully saturated rings. The van der Waals surface area contributed by atoms with Crippen LogP contribution in [0.2, 0.25) is 0 Å². The summed E-state index contributed by atoms with van der Waals surface area (Å²) in [5, 5.41) is 4.34. The molecule has 130 valence electrons. The summed E-state index contributed by atoms with van der Waals surface area (Å²) >= 11 is 0. The third kappa shape index (κ3) is 2.73. The molecule has 1 aliphatic heterocycles. The van der Waals surface area contributed by atoms with E-state index >= 15 is 0 Å². The van der Waals surface area contributed by atoms with E-state index in [0.29, 0.717) is 5.96 Å². The van der Waals surface area contributed by atoms with Crippen molar-refractivity contribution in [1.29, 1.82) is 0 Å². The van der Waals surface area contributed by atoms with Gasteiger partial charge in [0, 0.05) is 5.69 Å². The van der Waals surface area contributed by atoms with Gasteiger partial charge in [0.2, 0.25) is 11.9 Å². The highest BCUT2D eigenvalue weighted by atomic mass is 15.4. The highest BCUT2D eigenvalue weighted by molar-refractivity contribution is 6.05. The van der Waals surface area contributed by atoms with Crippen molar-refractivity contribution in [3.05, 3.63) is 36.4 Å². The zero-order valence-electron chi connectivity index (χ0n) is 14.3. The number of hydrogen-bond donors (Lipinski definition) is 2. The van der Waals surface area contributed by atoms with Crippen LogP contribution in [0.25, 0.3) is 5.69 Å². The van der Waals surface area contributed by atoms with Crippen molar-refractivity contribution in [2.45, 2.75) is 44.7 Å². The molecule has 1 saturated carbocycles. The van der Waals surface area contributed by atoms with Gasteiger partial charge in [-0.3, -0.25) is 4.90 Å². The lowest BCUT2D eigenvalue weighted by Gasteiger charge is -2.45. The summed E-state index contributed by atoms with van der Waals surface area (Å²) in [4.78, 5) is 15.1. The van der Waals surface area contributed by atoms with E-state index in [2.05, 4.69) is 15.1 Å². The van der Waals surface area contributed by atoms with Gasteiger partial charge in [0.1, 0.15) is 17.8 Å². The molecule has 1 spiro atoms. The first-order valence-electron chi connectivity index (χ1n) is 8.56. The molecule has 0 unspecified atom stereocenters. The largest absolute Gasteiger partial charge is 0.369 e. The van der Waals surface area contributed by atoms with E-state index in [9.17, 15) is 0 Å². The van der Waals surface area contributed by atoms with Crippen molar-refractivity contribution < 1.29 is 0 Å². The van der Waals surface area contributed by atoms with Crippen molar-refractivity contribution in [2.75, 3.05) is 4.90 Å². The first-order chi connectivity index (χ1) is 12.1. The summed E-state index contributed by atoms with van der Waals surface area (Å²) in [7, 11) is 0. The maximum absolute atomic E-state index is 6.25. The molecule has 1 aromatic heterocycles. The average molecular weight is 338 g/mol. The van der Waals surface area contributed by atoms with Crippen molar-refractivity contribution in [3.8, 4) is 5.69 Å². The van der Waals surface area contributed by atoms with Crippen LogP contribution in [0.3, 0.4) is 0 Å². The number of benzene rings is 1. The first kappa shape index (κ1) is 15.6. The van der Waals surface area contributed by atoms with Crippen molar-refractivity contribution in [3.63, 3.8) is 0 Å². The Balaban J connectivity index is 1.70. The monoisotopic (exact) mass is 338 g/mol. The number of nitrogens with two attached hydrogens (primary N) is 2. The zero-order valence-corrected chi connectivity index (χ0v) is 14.3. The van der Waals surface area contributed by atoms with Gasteiger partial charge in [0.15, 0.2) is 0 Å². The van der Waals surface area contributed by atoms with Crippen LogP contribution in [0, 0.1) is 6.92 Å². The van der Waals surface area contributed by atoms with Gasteiger partial charge in [-0.2, -0.15) is 10.1 Å². The molecule has 0 amide bonds. The second kappa shape index (κ2) is 5.87. The molecule has 2 heterocycles. The fraction of sp³-hybridized carbons (Fsp3) is 0.412. The smallest absolute Gasteiger partial charge is 0.220 e. The minimum Gasteiger partial charge on any atom is -0.369 e. The molecular weight excluding hydrogens is 316 g/mol. The van der Waals surface area contributed by atoms with Gasteiger partial charge in [-0.15, -0.1) is 0 Å². The van der Waals surface area contributed by atoms with E-state index in [4.69, 9.17) is 16.5 Å². The topological polar surface area (TPSA) is 111 Å². The van der Waals surface area contributed by atoms with Crippen molar-refractivity contribution in [1.82, 2.24) is 14.8 Å². The van der Waals surface area contributed by atoms with Crippen molar-refractivity contribution in [2.24, 2.45) is 21.5 Å². The number of aromatic nitrogens is 3. The van der Waals surface area contributed by atoms with E-state index in [-0.39, 0.29) is 5.96 Å². The Morgan fingerprint density at radius 2 is 1.68 bits per heavy atom. The van der Waals surface area contributed by atoms with Gasteiger partial charge in [0.25, 0.3) is 0 Å². The molecule has 4 N–H and O–H groups in total. The first-order valence-corrected chi connectivity index (χ1v) is 8.56. The number of rotatable bonds is 2. The quantitative estimate of drug-likeness (QED) is 0.865. The van der Waals surface area contributed by atoms with Crippen molar-refractivity contribution >= 4 is 17.6 Å². The van der Waals surface area contributed by atoms with Crippen LogP contribution in [0.15, 0.2) is 40.6 Å². The van der Waals surface area contributed by atoms with E-state index in [1.54, 1.807) is 11.0 Å². The summed E-state index contributed by atoms with van der Waals surface area (Å²) in [5.74, 6) is 1.41. The average Bonchev–Trinajstić information content (AvgIpc) is 3.02. The number of hydrogen-bond acceptors (Lipinski definition) is 7. The Morgan fingerprint density at radius 1 is 1.00 bits per heavy atom. The maximum Gasteiger partial charge on any atom is 0.220 e. The number of aryl methyl sites for hydroxylation is 1. The van der Waals surface area contributed by atoms with Crippen LogP contribution < -0.4 is 16.4 Å². The Labute approximate surface area is 146 Å². The summed E-state index contributed by atoms with van der Waals surface area (Å²) in [5.41, 5.74) is 13.6. The summed E-state index contributed by atoms with van der Waals surface area (Å²) < 4.78 is 1.75. The molecule has 0 atom stereocenters. The molecule has 25 heavy (non-hydrogen) atoms. The van der Waals surface area contributed by atoms with E-state index in [1.807, 2.05) is 36.1 Å². The second-order valence-electron chi connectivity index (χ2n) is 6.57. The highest BCUT2D eigenvalue weighted by Gasteiger charge is 2.42. The summed E-state index contributed by atoms with van der Waals surface area (Å²) in [6.07, 6.45) is 6.98. The normalized spacial score (nSPS) is 19.6. The molecule has 1 aliphatic carbocycles. The Bertz CT molecular complexity index is 827. The lowest BCUT2D eigenvalue weighted by Crippen LogP contribution is -2.58. The predicted molar refractivity (Wildman–Crippen MR) is 97.6 cm³/mol. The van der Waals surface area contributed by atoms with Gasteiger partial charge in [-0.1, -0.05) is 6.42 Å². The lowest BCUT2D eigenvalue weighted by atomic mass is 9.87. The molecule has 0 saturated heterocycles. The van der Waals surface area contributed by atoms with Gasteiger partial charge < -0.3 is 11.5 Å². The second-order valence-corrected chi connectivity index (χ2v) is 6.57. The molecule has 8 heteroatoms. The molecule has 0 bridgehead atoms. The number of guanidine groups is 2. The highest BCUT2D eigenvalue weighted by Crippen LogP contribution is 2.39. The molecule has 4 rings (SSSR count).